The summed E-state index contributed by atoms with van der Waals surface area (Å²) in [4.78, 5) is 34.2. The molecule has 2 amide bonds. The molecule has 3 N–H and O–H groups in total. The van der Waals surface area contributed by atoms with Gasteiger partial charge in [-0.25, -0.2) is 9.97 Å². The SMILES string of the molecule is CC(C(=O)Nc1sccc1C(N)=O)N1CCc2cncnc2C1. The first kappa shape index (κ1) is 15.6. The van der Waals surface area contributed by atoms with Crippen molar-refractivity contribution >= 4 is 28.2 Å². The number of thiophene rings is 1. The van der Waals surface area contributed by atoms with Crippen LogP contribution in [0.4, 0.5) is 5.00 Å². The molecule has 0 saturated heterocycles. The molecule has 0 aromatic carbocycles. The molecular formula is C15H17N5O2S. The van der Waals surface area contributed by atoms with Gasteiger partial charge in [0.05, 0.1) is 17.3 Å². The maximum Gasteiger partial charge on any atom is 0.251 e. The molecule has 0 radical (unpaired) electrons. The average Bonchev–Trinajstić information content (AvgIpc) is 3.02. The molecule has 120 valence electrons. The monoisotopic (exact) mass is 331 g/mol. The van der Waals surface area contributed by atoms with E-state index in [9.17, 15) is 9.59 Å². The van der Waals surface area contributed by atoms with Gasteiger partial charge in [-0.15, -0.1) is 11.3 Å². The molecule has 0 fully saturated rings. The van der Waals surface area contributed by atoms with E-state index in [4.69, 9.17) is 5.73 Å². The molecule has 3 heterocycles. The summed E-state index contributed by atoms with van der Waals surface area (Å²) in [7, 11) is 0. The molecule has 1 atom stereocenters. The van der Waals surface area contributed by atoms with Gasteiger partial charge in [0.25, 0.3) is 5.91 Å². The van der Waals surface area contributed by atoms with Gasteiger partial charge in [0.15, 0.2) is 0 Å². The maximum atomic E-state index is 12.5. The summed E-state index contributed by atoms with van der Waals surface area (Å²) in [6, 6.07) is 1.28. The molecule has 0 spiro atoms. The maximum absolute atomic E-state index is 12.5. The molecule has 3 rings (SSSR count). The minimum atomic E-state index is -0.544. The van der Waals surface area contributed by atoms with Crippen LogP contribution in [0.1, 0.15) is 28.5 Å². The Bertz CT molecular complexity index is 745. The van der Waals surface area contributed by atoms with Crippen LogP contribution in [0.2, 0.25) is 0 Å². The van der Waals surface area contributed by atoms with E-state index in [1.54, 1.807) is 11.4 Å². The summed E-state index contributed by atoms with van der Waals surface area (Å²) in [5.74, 6) is -0.703. The molecule has 0 aliphatic carbocycles. The number of nitrogens with zero attached hydrogens (tertiary/aromatic N) is 3. The van der Waals surface area contributed by atoms with Crippen LogP contribution in [-0.4, -0.2) is 39.3 Å². The third-order valence-corrected chi connectivity index (χ3v) is 4.83. The van der Waals surface area contributed by atoms with Crippen LogP contribution < -0.4 is 11.1 Å². The molecule has 0 bridgehead atoms. The molecule has 2 aromatic heterocycles. The largest absolute Gasteiger partial charge is 0.366 e. The van der Waals surface area contributed by atoms with E-state index >= 15 is 0 Å². The van der Waals surface area contributed by atoms with Crippen LogP contribution in [0, 0.1) is 0 Å². The first-order valence-corrected chi connectivity index (χ1v) is 8.14. The zero-order chi connectivity index (χ0) is 16.4. The lowest BCUT2D eigenvalue weighted by Gasteiger charge is -2.31. The van der Waals surface area contributed by atoms with Crippen LogP contribution >= 0.6 is 11.3 Å². The fourth-order valence-corrected chi connectivity index (χ4v) is 3.38. The molecule has 2 aromatic rings. The summed E-state index contributed by atoms with van der Waals surface area (Å²) in [5.41, 5.74) is 7.73. The molecule has 1 aliphatic rings. The number of rotatable bonds is 4. The first-order chi connectivity index (χ1) is 11.1. The van der Waals surface area contributed by atoms with Gasteiger partial charge in [-0.1, -0.05) is 0 Å². The second-order valence-electron chi connectivity index (χ2n) is 5.41. The lowest BCUT2D eigenvalue weighted by Crippen LogP contribution is -2.44. The molecule has 8 heteroatoms. The Morgan fingerprint density at radius 1 is 1.48 bits per heavy atom. The standard InChI is InChI=1S/C15H17N5O2S/c1-9(14(22)19-15-11(13(16)21)3-5-23-15)20-4-2-10-6-17-8-18-12(10)7-20/h3,5-6,8-9H,2,4,7H2,1H3,(H2,16,21)(H,19,22). The fourth-order valence-electron chi connectivity index (χ4n) is 2.58. The van der Waals surface area contributed by atoms with Crippen molar-refractivity contribution in [1.82, 2.24) is 14.9 Å². The molecule has 0 saturated carbocycles. The number of carbonyl (C=O) groups excluding carboxylic acids is 2. The second-order valence-corrected chi connectivity index (χ2v) is 6.32. The Hall–Kier alpha value is -2.32. The van der Waals surface area contributed by atoms with Crippen LogP contribution in [0.15, 0.2) is 24.0 Å². The molecular weight excluding hydrogens is 314 g/mol. The third kappa shape index (κ3) is 3.22. The smallest absolute Gasteiger partial charge is 0.251 e. The quantitative estimate of drug-likeness (QED) is 0.871. The van der Waals surface area contributed by atoms with Crippen LogP contribution in [0.3, 0.4) is 0 Å². The highest BCUT2D eigenvalue weighted by atomic mass is 32.1. The minimum absolute atomic E-state index is 0.160. The van der Waals surface area contributed by atoms with Gasteiger partial charge in [-0.2, -0.15) is 0 Å². The summed E-state index contributed by atoms with van der Waals surface area (Å²) in [6.45, 7) is 3.22. The van der Waals surface area contributed by atoms with Gasteiger partial charge < -0.3 is 11.1 Å². The summed E-state index contributed by atoms with van der Waals surface area (Å²) >= 11 is 1.29. The number of hydrogen-bond donors (Lipinski definition) is 2. The highest BCUT2D eigenvalue weighted by Crippen LogP contribution is 2.24. The van der Waals surface area contributed by atoms with Gasteiger partial charge in [0, 0.05) is 19.3 Å². The highest BCUT2D eigenvalue weighted by Gasteiger charge is 2.27. The number of carbonyl (C=O) groups is 2. The predicted octanol–water partition coefficient (Wildman–Crippen LogP) is 1.02. The zero-order valence-corrected chi connectivity index (χ0v) is 13.5. The summed E-state index contributed by atoms with van der Waals surface area (Å²) in [6.07, 6.45) is 4.17. The second kappa shape index (κ2) is 6.43. The Kier molecular flexibility index (Phi) is 4.35. The Labute approximate surface area is 137 Å². The number of aromatic nitrogens is 2. The Morgan fingerprint density at radius 3 is 3.09 bits per heavy atom. The van der Waals surface area contributed by atoms with Crippen LogP contribution in [0.25, 0.3) is 0 Å². The molecule has 1 unspecified atom stereocenters. The third-order valence-electron chi connectivity index (χ3n) is 4.00. The van der Waals surface area contributed by atoms with Crippen molar-refractivity contribution in [2.75, 3.05) is 11.9 Å². The van der Waals surface area contributed by atoms with Gasteiger partial charge in [0.2, 0.25) is 5.91 Å². The molecule has 1 aliphatic heterocycles. The number of anilines is 1. The van der Waals surface area contributed by atoms with Crippen molar-refractivity contribution in [3.05, 3.63) is 40.8 Å². The van der Waals surface area contributed by atoms with Gasteiger partial charge in [-0.3, -0.25) is 14.5 Å². The Balaban J connectivity index is 1.69. The fraction of sp³-hybridized carbons (Fsp3) is 0.333. The summed E-state index contributed by atoms with van der Waals surface area (Å²) in [5, 5.41) is 5.02. The summed E-state index contributed by atoms with van der Waals surface area (Å²) < 4.78 is 0. The van der Waals surface area contributed by atoms with Crippen LogP contribution in [0.5, 0.6) is 0 Å². The van der Waals surface area contributed by atoms with Gasteiger partial charge in [0.1, 0.15) is 11.3 Å². The number of nitrogens with two attached hydrogens (primary N) is 1. The molecule has 7 nitrogen and oxygen atoms in total. The lowest BCUT2D eigenvalue weighted by atomic mass is 10.1. The first-order valence-electron chi connectivity index (χ1n) is 7.26. The van der Waals surface area contributed by atoms with E-state index in [0.717, 1.165) is 24.2 Å². The van der Waals surface area contributed by atoms with Gasteiger partial charge in [-0.05, 0) is 30.4 Å². The number of amides is 2. The van der Waals surface area contributed by atoms with E-state index in [2.05, 4.69) is 20.2 Å². The topological polar surface area (TPSA) is 101 Å². The van der Waals surface area contributed by atoms with E-state index in [1.807, 2.05) is 13.1 Å². The number of fused-ring (bicyclic) bond motifs is 1. The number of primary amides is 1. The number of nitrogens with one attached hydrogen (secondary N) is 1. The lowest BCUT2D eigenvalue weighted by molar-refractivity contribution is -0.121. The Morgan fingerprint density at radius 2 is 2.30 bits per heavy atom. The number of hydrogen-bond acceptors (Lipinski definition) is 6. The van der Waals surface area contributed by atoms with Crippen molar-refractivity contribution in [1.29, 1.82) is 0 Å². The zero-order valence-electron chi connectivity index (χ0n) is 12.7. The normalized spacial score (nSPS) is 15.7. The van der Waals surface area contributed by atoms with E-state index < -0.39 is 5.91 Å². The van der Waals surface area contributed by atoms with E-state index in [-0.39, 0.29) is 11.9 Å². The minimum Gasteiger partial charge on any atom is -0.366 e. The van der Waals surface area contributed by atoms with Crippen molar-refractivity contribution in [2.45, 2.75) is 25.9 Å². The predicted molar refractivity (Wildman–Crippen MR) is 87.1 cm³/mol. The van der Waals surface area contributed by atoms with Crippen molar-refractivity contribution in [2.24, 2.45) is 5.73 Å². The van der Waals surface area contributed by atoms with Crippen LogP contribution in [-0.2, 0) is 17.8 Å². The van der Waals surface area contributed by atoms with Gasteiger partial charge >= 0.3 is 0 Å². The van der Waals surface area contributed by atoms with Crippen molar-refractivity contribution < 1.29 is 9.59 Å². The molecule has 23 heavy (non-hydrogen) atoms. The van der Waals surface area contributed by atoms with Crippen molar-refractivity contribution in [3.8, 4) is 0 Å². The average molecular weight is 331 g/mol. The van der Waals surface area contributed by atoms with Crippen molar-refractivity contribution in [3.63, 3.8) is 0 Å². The highest BCUT2D eigenvalue weighted by molar-refractivity contribution is 7.14. The van der Waals surface area contributed by atoms with E-state index in [0.29, 0.717) is 17.1 Å². The van der Waals surface area contributed by atoms with E-state index in [1.165, 1.54) is 17.7 Å².